The lowest BCUT2D eigenvalue weighted by Crippen LogP contribution is -2.39. The van der Waals surface area contributed by atoms with Crippen LogP contribution in [0.2, 0.25) is 0 Å². The molecule has 0 aliphatic rings. The van der Waals surface area contributed by atoms with E-state index in [-0.39, 0.29) is 11.6 Å². The highest BCUT2D eigenvalue weighted by Crippen LogP contribution is 1.97. The number of hydrogen-bond donors (Lipinski definition) is 3. The first-order chi connectivity index (χ1) is 5.33. The van der Waals surface area contributed by atoms with Gasteiger partial charge >= 0.3 is 0 Å². The summed E-state index contributed by atoms with van der Waals surface area (Å²) in [7, 11) is 3.75. The van der Waals surface area contributed by atoms with E-state index >= 15 is 0 Å². The molecule has 3 nitrogen and oxygen atoms in total. The van der Waals surface area contributed by atoms with Crippen LogP contribution in [0, 0.1) is 0 Å². The summed E-state index contributed by atoms with van der Waals surface area (Å²) in [6.07, 6.45) is -0.246. The van der Waals surface area contributed by atoms with Crippen molar-refractivity contribution in [3.05, 3.63) is 0 Å². The van der Waals surface area contributed by atoms with E-state index < -0.39 is 0 Å². The molecule has 12 heavy (non-hydrogen) atoms. The highest BCUT2D eigenvalue weighted by molar-refractivity contribution is 4.70. The van der Waals surface area contributed by atoms with Crippen LogP contribution < -0.4 is 10.6 Å². The van der Waals surface area contributed by atoms with Crippen LogP contribution in [0.3, 0.4) is 0 Å². The SMILES string of the molecule is CC(O)CNC(C)(C)C.CNC. The molecule has 76 valence electrons. The zero-order valence-electron chi connectivity index (χ0n) is 9.23. The topological polar surface area (TPSA) is 44.3 Å². The number of rotatable bonds is 2. The maximum absolute atomic E-state index is 8.85. The predicted octanol–water partition coefficient (Wildman–Crippen LogP) is 0.591. The van der Waals surface area contributed by atoms with Crippen molar-refractivity contribution >= 4 is 0 Å². The lowest BCUT2D eigenvalue weighted by Gasteiger charge is -2.21. The van der Waals surface area contributed by atoms with E-state index in [1.54, 1.807) is 6.92 Å². The average molecular weight is 176 g/mol. The summed E-state index contributed by atoms with van der Waals surface area (Å²) < 4.78 is 0. The Hall–Kier alpha value is -0.120. The Balaban J connectivity index is 0. The highest BCUT2D eigenvalue weighted by atomic mass is 16.3. The molecule has 0 amide bonds. The maximum atomic E-state index is 8.85. The third kappa shape index (κ3) is 22.5. The van der Waals surface area contributed by atoms with Crippen molar-refractivity contribution in [1.29, 1.82) is 0 Å². The molecule has 1 atom stereocenters. The summed E-state index contributed by atoms with van der Waals surface area (Å²) in [5.74, 6) is 0. The van der Waals surface area contributed by atoms with Crippen LogP contribution in [-0.2, 0) is 0 Å². The molecule has 3 N–H and O–H groups in total. The minimum atomic E-state index is -0.246. The standard InChI is InChI=1S/C7H17NO.C2H7N/c1-6(9)5-8-7(2,3)4;1-3-2/h6,8-9H,5H2,1-4H3;3H,1-2H3. The Bertz CT molecular complexity index is 87.0. The monoisotopic (exact) mass is 176 g/mol. The van der Waals surface area contributed by atoms with E-state index in [9.17, 15) is 0 Å². The Kier molecular flexibility index (Phi) is 9.03. The van der Waals surface area contributed by atoms with Crippen LogP contribution >= 0.6 is 0 Å². The van der Waals surface area contributed by atoms with Gasteiger partial charge in [0.2, 0.25) is 0 Å². The zero-order valence-corrected chi connectivity index (χ0v) is 9.23. The first kappa shape index (κ1) is 14.4. The molecule has 0 saturated carbocycles. The lowest BCUT2D eigenvalue weighted by atomic mass is 10.1. The molecule has 0 radical (unpaired) electrons. The maximum Gasteiger partial charge on any atom is 0.0636 e. The second-order valence-electron chi connectivity index (χ2n) is 3.98. The van der Waals surface area contributed by atoms with Crippen molar-refractivity contribution in [1.82, 2.24) is 10.6 Å². The van der Waals surface area contributed by atoms with Gasteiger partial charge in [0.25, 0.3) is 0 Å². The fourth-order valence-corrected chi connectivity index (χ4v) is 0.454. The smallest absolute Gasteiger partial charge is 0.0636 e. The molecule has 0 fully saturated rings. The van der Waals surface area contributed by atoms with Crippen LogP contribution in [-0.4, -0.2) is 37.4 Å². The van der Waals surface area contributed by atoms with Gasteiger partial charge in [-0.3, -0.25) is 0 Å². The number of aliphatic hydroxyl groups is 1. The lowest BCUT2D eigenvalue weighted by molar-refractivity contribution is 0.179. The molecule has 1 unspecified atom stereocenters. The Morgan fingerprint density at radius 1 is 1.25 bits per heavy atom. The van der Waals surface area contributed by atoms with Gasteiger partial charge in [-0.15, -0.1) is 0 Å². The third-order valence-electron chi connectivity index (χ3n) is 0.928. The minimum Gasteiger partial charge on any atom is -0.392 e. The Morgan fingerprint density at radius 2 is 1.58 bits per heavy atom. The van der Waals surface area contributed by atoms with Crippen LogP contribution in [0.25, 0.3) is 0 Å². The summed E-state index contributed by atoms with van der Waals surface area (Å²) in [4.78, 5) is 0. The van der Waals surface area contributed by atoms with Gasteiger partial charge in [0.15, 0.2) is 0 Å². The molecule has 0 aliphatic carbocycles. The molecule has 0 heterocycles. The van der Waals surface area contributed by atoms with Gasteiger partial charge in [-0.2, -0.15) is 0 Å². The van der Waals surface area contributed by atoms with Crippen molar-refractivity contribution in [2.24, 2.45) is 0 Å². The summed E-state index contributed by atoms with van der Waals surface area (Å²) in [6.45, 7) is 8.68. The van der Waals surface area contributed by atoms with Crippen LogP contribution in [0.4, 0.5) is 0 Å². The summed E-state index contributed by atoms with van der Waals surface area (Å²) >= 11 is 0. The fraction of sp³-hybridized carbons (Fsp3) is 1.00. The third-order valence-corrected chi connectivity index (χ3v) is 0.928. The van der Waals surface area contributed by atoms with Crippen molar-refractivity contribution in [3.63, 3.8) is 0 Å². The van der Waals surface area contributed by atoms with Gasteiger partial charge in [-0.05, 0) is 41.8 Å². The van der Waals surface area contributed by atoms with Gasteiger partial charge in [-0.25, -0.2) is 0 Å². The van der Waals surface area contributed by atoms with E-state index in [4.69, 9.17) is 5.11 Å². The van der Waals surface area contributed by atoms with Crippen molar-refractivity contribution in [2.75, 3.05) is 20.6 Å². The quantitative estimate of drug-likeness (QED) is 0.577. The molecule has 0 rings (SSSR count). The molecule has 0 aromatic rings. The molecule has 0 bridgehead atoms. The van der Waals surface area contributed by atoms with Crippen LogP contribution in [0.1, 0.15) is 27.7 Å². The predicted molar refractivity (Wildman–Crippen MR) is 54.4 cm³/mol. The average Bonchev–Trinajstić information content (AvgIpc) is 1.84. The van der Waals surface area contributed by atoms with E-state index in [0.29, 0.717) is 6.54 Å². The second kappa shape index (κ2) is 7.53. The first-order valence-corrected chi connectivity index (χ1v) is 4.35. The van der Waals surface area contributed by atoms with E-state index in [1.807, 2.05) is 14.1 Å². The molecule has 0 spiro atoms. The number of nitrogens with one attached hydrogen (secondary N) is 2. The molecule has 0 aliphatic heterocycles. The van der Waals surface area contributed by atoms with E-state index in [1.165, 1.54) is 0 Å². The Morgan fingerprint density at radius 3 is 1.67 bits per heavy atom. The molecular weight excluding hydrogens is 152 g/mol. The minimum absolute atomic E-state index is 0.122. The normalized spacial score (nSPS) is 13.2. The zero-order chi connectivity index (χ0) is 10.2. The van der Waals surface area contributed by atoms with Gasteiger partial charge in [-0.1, -0.05) is 0 Å². The van der Waals surface area contributed by atoms with E-state index in [2.05, 4.69) is 31.4 Å². The highest BCUT2D eigenvalue weighted by Gasteiger charge is 2.08. The molecule has 0 saturated heterocycles. The summed E-state index contributed by atoms with van der Waals surface area (Å²) in [6, 6.07) is 0. The Labute approximate surface area is 76.6 Å². The van der Waals surface area contributed by atoms with Crippen molar-refractivity contribution in [2.45, 2.75) is 39.3 Å². The van der Waals surface area contributed by atoms with Crippen LogP contribution in [0.15, 0.2) is 0 Å². The molecule has 3 heteroatoms. The first-order valence-electron chi connectivity index (χ1n) is 4.35. The fourth-order valence-electron chi connectivity index (χ4n) is 0.454. The van der Waals surface area contributed by atoms with Gasteiger partial charge in [0.05, 0.1) is 6.10 Å². The van der Waals surface area contributed by atoms with Crippen LogP contribution in [0.5, 0.6) is 0 Å². The van der Waals surface area contributed by atoms with E-state index in [0.717, 1.165) is 0 Å². The van der Waals surface area contributed by atoms with Crippen molar-refractivity contribution < 1.29 is 5.11 Å². The number of hydrogen-bond acceptors (Lipinski definition) is 3. The number of β-amino-alcohol motifs (C(OH)–C–C–N with tert-alkyl or cyclic N) is 1. The molecule has 0 aromatic carbocycles. The van der Waals surface area contributed by atoms with Crippen molar-refractivity contribution in [3.8, 4) is 0 Å². The van der Waals surface area contributed by atoms with Gasteiger partial charge in [0, 0.05) is 12.1 Å². The summed E-state index contributed by atoms with van der Waals surface area (Å²) in [5, 5.41) is 14.8. The van der Waals surface area contributed by atoms with Gasteiger partial charge < -0.3 is 15.7 Å². The molecule has 0 aromatic heterocycles. The summed E-state index contributed by atoms with van der Waals surface area (Å²) in [5.41, 5.74) is 0.122. The largest absolute Gasteiger partial charge is 0.392 e. The second-order valence-corrected chi connectivity index (χ2v) is 3.98. The molecular formula is C9H24N2O. The number of aliphatic hydroxyl groups excluding tert-OH is 1. The van der Waals surface area contributed by atoms with Gasteiger partial charge in [0.1, 0.15) is 0 Å².